The third-order valence-corrected chi connectivity index (χ3v) is 4.77. The molecule has 3 atom stereocenters. The molecule has 2 heterocycles. The van der Waals surface area contributed by atoms with Gasteiger partial charge in [-0.05, 0) is 36.3 Å². The second kappa shape index (κ2) is 5.84. The van der Waals surface area contributed by atoms with Gasteiger partial charge in [0.25, 0.3) is 0 Å². The Bertz CT molecular complexity index is 434. The van der Waals surface area contributed by atoms with Gasteiger partial charge >= 0.3 is 0 Å². The Labute approximate surface area is 120 Å². The minimum Gasteiger partial charge on any atom is -0.388 e. The lowest BCUT2D eigenvalue weighted by atomic mass is 9.80. The Hall–Kier alpha value is -0.900. The second-order valence-electron chi connectivity index (χ2n) is 6.13. The molecule has 0 aliphatic carbocycles. The van der Waals surface area contributed by atoms with Crippen LogP contribution in [0.1, 0.15) is 43.4 Å². The summed E-state index contributed by atoms with van der Waals surface area (Å²) in [6, 6.07) is 8.37. The van der Waals surface area contributed by atoms with Gasteiger partial charge < -0.3 is 14.6 Å². The van der Waals surface area contributed by atoms with Crippen molar-refractivity contribution in [3.63, 3.8) is 0 Å². The maximum atomic E-state index is 10.7. The molecule has 1 N–H and O–H groups in total. The predicted octanol–water partition coefficient (Wildman–Crippen LogP) is 2.87. The molecule has 20 heavy (non-hydrogen) atoms. The zero-order chi connectivity index (χ0) is 14.0. The monoisotopic (exact) mass is 276 g/mol. The molecule has 2 aliphatic heterocycles. The van der Waals surface area contributed by atoms with E-state index in [1.54, 1.807) is 0 Å². The van der Waals surface area contributed by atoms with Crippen LogP contribution < -0.4 is 0 Å². The minimum absolute atomic E-state index is 0.132. The molecule has 2 fully saturated rings. The molecule has 2 saturated heterocycles. The molecule has 0 radical (unpaired) electrons. The van der Waals surface area contributed by atoms with Crippen LogP contribution in [0.25, 0.3) is 0 Å². The highest BCUT2D eigenvalue weighted by atomic mass is 16.6. The Kier molecular flexibility index (Phi) is 4.11. The van der Waals surface area contributed by atoms with Crippen LogP contribution >= 0.6 is 0 Å². The van der Waals surface area contributed by atoms with Crippen LogP contribution in [-0.4, -0.2) is 30.5 Å². The van der Waals surface area contributed by atoms with Crippen molar-refractivity contribution in [2.75, 3.05) is 19.8 Å². The fraction of sp³-hybridized carbons (Fsp3) is 0.647. The highest BCUT2D eigenvalue weighted by Gasteiger charge is 2.42. The lowest BCUT2D eigenvalue weighted by molar-refractivity contribution is -0.117. The lowest BCUT2D eigenvalue weighted by Gasteiger charge is -2.39. The van der Waals surface area contributed by atoms with Gasteiger partial charge in [0.05, 0.1) is 18.3 Å². The van der Waals surface area contributed by atoms with Crippen LogP contribution in [0.4, 0.5) is 0 Å². The molecule has 0 aromatic heterocycles. The number of benzene rings is 1. The van der Waals surface area contributed by atoms with Crippen molar-refractivity contribution < 1.29 is 14.6 Å². The van der Waals surface area contributed by atoms with E-state index in [-0.39, 0.29) is 17.6 Å². The summed E-state index contributed by atoms with van der Waals surface area (Å²) in [7, 11) is 0. The second-order valence-corrected chi connectivity index (χ2v) is 6.13. The molecule has 2 aliphatic rings. The van der Waals surface area contributed by atoms with Crippen molar-refractivity contribution >= 4 is 0 Å². The molecule has 3 unspecified atom stereocenters. The van der Waals surface area contributed by atoms with Gasteiger partial charge in [-0.15, -0.1) is 0 Å². The smallest absolute Gasteiger partial charge is 0.0940 e. The maximum absolute atomic E-state index is 10.7. The maximum Gasteiger partial charge on any atom is 0.0940 e. The van der Waals surface area contributed by atoms with E-state index in [9.17, 15) is 5.11 Å². The normalized spacial score (nSPS) is 31.6. The summed E-state index contributed by atoms with van der Waals surface area (Å²) < 4.78 is 11.4. The highest BCUT2D eigenvalue weighted by molar-refractivity contribution is 5.24. The van der Waals surface area contributed by atoms with E-state index in [0.717, 1.165) is 44.5 Å². The molecule has 1 aromatic rings. The van der Waals surface area contributed by atoms with Crippen LogP contribution in [-0.2, 0) is 15.9 Å². The van der Waals surface area contributed by atoms with Crippen LogP contribution in [0.3, 0.4) is 0 Å². The number of aryl methyl sites for hydroxylation is 1. The predicted molar refractivity (Wildman–Crippen MR) is 77.6 cm³/mol. The summed E-state index contributed by atoms with van der Waals surface area (Å²) in [6.07, 6.45) is 3.45. The van der Waals surface area contributed by atoms with Gasteiger partial charge in [0, 0.05) is 19.6 Å². The van der Waals surface area contributed by atoms with Gasteiger partial charge in [0.15, 0.2) is 0 Å². The van der Waals surface area contributed by atoms with Crippen LogP contribution in [0.15, 0.2) is 24.3 Å². The molecule has 1 spiro atoms. The molecule has 0 amide bonds. The van der Waals surface area contributed by atoms with Crippen molar-refractivity contribution in [1.82, 2.24) is 0 Å². The van der Waals surface area contributed by atoms with Crippen LogP contribution in [0, 0.1) is 5.92 Å². The first-order valence-corrected chi connectivity index (χ1v) is 7.71. The van der Waals surface area contributed by atoms with Crippen LogP contribution in [0.5, 0.6) is 0 Å². The van der Waals surface area contributed by atoms with E-state index >= 15 is 0 Å². The highest BCUT2D eigenvalue weighted by Crippen LogP contribution is 2.40. The molecular formula is C17H24O3. The average Bonchev–Trinajstić information content (AvgIpc) is 2.94. The summed E-state index contributed by atoms with van der Waals surface area (Å²) >= 11 is 0. The van der Waals surface area contributed by atoms with Gasteiger partial charge in [-0.1, -0.05) is 31.2 Å². The summed E-state index contributed by atoms with van der Waals surface area (Å²) in [6.45, 7) is 4.35. The van der Waals surface area contributed by atoms with E-state index in [1.165, 1.54) is 5.56 Å². The van der Waals surface area contributed by atoms with Gasteiger partial charge in [0.2, 0.25) is 0 Å². The molecular weight excluding hydrogens is 252 g/mol. The number of hydrogen-bond acceptors (Lipinski definition) is 3. The first kappa shape index (κ1) is 14.1. The average molecular weight is 276 g/mol. The fourth-order valence-electron chi connectivity index (χ4n) is 3.42. The van der Waals surface area contributed by atoms with Crippen molar-refractivity contribution in [2.24, 2.45) is 5.92 Å². The zero-order valence-corrected chi connectivity index (χ0v) is 12.2. The Balaban J connectivity index is 1.70. The van der Waals surface area contributed by atoms with E-state index in [4.69, 9.17) is 9.47 Å². The van der Waals surface area contributed by atoms with Gasteiger partial charge in [-0.3, -0.25) is 0 Å². The van der Waals surface area contributed by atoms with E-state index < -0.39 is 0 Å². The largest absolute Gasteiger partial charge is 0.388 e. The standard InChI is InChI=1S/C17H24O3/c1-2-13-3-5-14(6-4-13)16(18)15-7-9-20-17(11-15)8-10-19-12-17/h3-6,15-16,18H,2,7-12H2,1H3. The first-order chi connectivity index (χ1) is 9.72. The Morgan fingerprint density at radius 3 is 2.75 bits per heavy atom. The fourth-order valence-corrected chi connectivity index (χ4v) is 3.42. The Morgan fingerprint density at radius 2 is 2.10 bits per heavy atom. The first-order valence-electron chi connectivity index (χ1n) is 7.71. The summed E-state index contributed by atoms with van der Waals surface area (Å²) in [4.78, 5) is 0. The van der Waals surface area contributed by atoms with Crippen LogP contribution in [0.2, 0.25) is 0 Å². The molecule has 3 rings (SSSR count). The zero-order valence-electron chi connectivity index (χ0n) is 12.2. The third-order valence-electron chi connectivity index (χ3n) is 4.77. The number of rotatable bonds is 3. The molecule has 110 valence electrons. The SMILES string of the molecule is CCc1ccc(C(O)C2CCOC3(CCOC3)C2)cc1. The quantitative estimate of drug-likeness (QED) is 0.922. The van der Waals surface area contributed by atoms with Gasteiger partial charge in [-0.2, -0.15) is 0 Å². The summed E-state index contributed by atoms with van der Waals surface area (Å²) in [5.74, 6) is 0.276. The molecule has 3 heteroatoms. The summed E-state index contributed by atoms with van der Waals surface area (Å²) in [5, 5.41) is 10.7. The topological polar surface area (TPSA) is 38.7 Å². The van der Waals surface area contributed by atoms with Gasteiger partial charge in [0.1, 0.15) is 0 Å². The van der Waals surface area contributed by atoms with Crippen molar-refractivity contribution in [2.45, 2.75) is 44.3 Å². The molecule has 0 bridgehead atoms. The number of ether oxygens (including phenoxy) is 2. The minimum atomic E-state index is -0.387. The van der Waals surface area contributed by atoms with Crippen molar-refractivity contribution in [1.29, 1.82) is 0 Å². The molecule has 1 aromatic carbocycles. The van der Waals surface area contributed by atoms with Crippen molar-refractivity contribution in [3.8, 4) is 0 Å². The number of hydrogen-bond donors (Lipinski definition) is 1. The molecule has 3 nitrogen and oxygen atoms in total. The van der Waals surface area contributed by atoms with E-state index in [2.05, 4.69) is 31.2 Å². The lowest BCUT2D eigenvalue weighted by Crippen LogP contribution is -2.41. The molecule has 0 saturated carbocycles. The Morgan fingerprint density at radius 1 is 1.30 bits per heavy atom. The van der Waals surface area contributed by atoms with E-state index in [1.807, 2.05) is 0 Å². The number of aliphatic hydroxyl groups is 1. The van der Waals surface area contributed by atoms with E-state index in [0.29, 0.717) is 6.61 Å². The van der Waals surface area contributed by atoms with Crippen molar-refractivity contribution in [3.05, 3.63) is 35.4 Å². The summed E-state index contributed by atoms with van der Waals surface area (Å²) in [5.41, 5.74) is 2.21. The number of aliphatic hydroxyl groups excluding tert-OH is 1. The van der Waals surface area contributed by atoms with Gasteiger partial charge in [-0.25, -0.2) is 0 Å². The third kappa shape index (κ3) is 2.76.